The minimum Gasteiger partial charge on any atom is -0.321 e. The summed E-state index contributed by atoms with van der Waals surface area (Å²) < 4.78 is 14.2. The summed E-state index contributed by atoms with van der Waals surface area (Å²) in [6.07, 6.45) is 0. The van der Waals surface area contributed by atoms with Gasteiger partial charge in [-0.05, 0) is 52.9 Å². The number of nitrogens with zero attached hydrogens (tertiary/aromatic N) is 1. The Morgan fingerprint density at radius 3 is 2.75 bits per heavy atom. The second kappa shape index (κ2) is 6.20. The first-order valence-electron chi connectivity index (χ1n) is 5.48. The molecule has 0 aromatic heterocycles. The van der Waals surface area contributed by atoms with Crippen LogP contribution in [0.2, 0.25) is 5.02 Å². The summed E-state index contributed by atoms with van der Waals surface area (Å²) in [6, 6.07) is 10.6. The first-order chi connectivity index (χ1) is 9.52. The van der Waals surface area contributed by atoms with Crippen molar-refractivity contribution in [3.05, 3.63) is 61.9 Å². The molecular formula is C14H7ClFIN2O. The van der Waals surface area contributed by atoms with Crippen LogP contribution in [0.5, 0.6) is 0 Å². The number of amides is 1. The van der Waals surface area contributed by atoms with Crippen molar-refractivity contribution < 1.29 is 9.18 Å². The molecule has 2 aromatic rings. The molecule has 0 aliphatic rings. The fraction of sp³-hybridized carbons (Fsp3) is 0. The van der Waals surface area contributed by atoms with E-state index in [9.17, 15) is 9.18 Å². The smallest absolute Gasteiger partial charge is 0.255 e. The summed E-state index contributed by atoms with van der Waals surface area (Å²) in [4.78, 5) is 12.1. The largest absolute Gasteiger partial charge is 0.321 e. The summed E-state index contributed by atoms with van der Waals surface area (Å²) in [6.45, 7) is 0. The van der Waals surface area contributed by atoms with Gasteiger partial charge in [0.25, 0.3) is 5.91 Å². The molecule has 0 heterocycles. The van der Waals surface area contributed by atoms with Crippen LogP contribution >= 0.6 is 34.2 Å². The number of rotatable bonds is 2. The van der Waals surface area contributed by atoms with Crippen molar-refractivity contribution in [2.75, 3.05) is 5.32 Å². The molecule has 1 amide bonds. The van der Waals surface area contributed by atoms with Crippen LogP contribution in [-0.4, -0.2) is 5.91 Å². The summed E-state index contributed by atoms with van der Waals surface area (Å²) in [5.41, 5.74) is 0.271. The van der Waals surface area contributed by atoms with Gasteiger partial charge in [-0.1, -0.05) is 17.7 Å². The molecule has 100 valence electrons. The molecule has 0 saturated carbocycles. The van der Waals surface area contributed by atoms with E-state index in [4.69, 9.17) is 16.9 Å². The van der Waals surface area contributed by atoms with Gasteiger partial charge in [0, 0.05) is 9.13 Å². The number of carbonyl (C=O) groups is 1. The normalized spacial score (nSPS) is 9.90. The highest BCUT2D eigenvalue weighted by Crippen LogP contribution is 2.22. The Morgan fingerprint density at radius 2 is 2.10 bits per heavy atom. The fourth-order valence-corrected chi connectivity index (χ4v) is 2.09. The molecule has 20 heavy (non-hydrogen) atoms. The number of hydrogen-bond donors (Lipinski definition) is 1. The van der Waals surface area contributed by atoms with Crippen molar-refractivity contribution in [1.82, 2.24) is 0 Å². The van der Waals surface area contributed by atoms with E-state index in [2.05, 4.69) is 5.32 Å². The maximum Gasteiger partial charge on any atom is 0.255 e. The van der Waals surface area contributed by atoms with E-state index in [0.29, 0.717) is 10.6 Å². The minimum absolute atomic E-state index is 0.132. The van der Waals surface area contributed by atoms with Crippen molar-refractivity contribution in [2.45, 2.75) is 0 Å². The SMILES string of the molecule is N#Cc1c(F)cccc1NC(=O)c1ccc(I)c(Cl)c1. The van der Waals surface area contributed by atoms with Crippen molar-refractivity contribution in [2.24, 2.45) is 0 Å². The molecule has 2 aromatic carbocycles. The third-order valence-corrected chi connectivity index (χ3v) is 4.13. The van der Waals surface area contributed by atoms with Crippen LogP contribution in [0, 0.1) is 20.7 Å². The van der Waals surface area contributed by atoms with Crippen molar-refractivity contribution in [3.8, 4) is 6.07 Å². The predicted molar refractivity (Wildman–Crippen MR) is 83.2 cm³/mol. The number of nitriles is 1. The quantitative estimate of drug-likeness (QED) is 0.768. The Hall–Kier alpha value is -1.65. The Morgan fingerprint density at radius 1 is 1.35 bits per heavy atom. The zero-order chi connectivity index (χ0) is 14.7. The third kappa shape index (κ3) is 3.08. The molecule has 0 saturated heterocycles. The van der Waals surface area contributed by atoms with Crippen molar-refractivity contribution in [3.63, 3.8) is 0 Å². The van der Waals surface area contributed by atoms with Crippen LogP contribution in [0.15, 0.2) is 36.4 Å². The van der Waals surface area contributed by atoms with Crippen LogP contribution in [0.1, 0.15) is 15.9 Å². The van der Waals surface area contributed by atoms with Crippen LogP contribution < -0.4 is 5.32 Å². The van der Waals surface area contributed by atoms with Gasteiger partial charge < -0.3 is 5.32 Å². The topological polar surface area (TPSA) is 52.9 Å². The summed E-state index contributed by atoms with van der Waals surface area (Å²) in [7, 11) is 0. The second-order valence-corrected chi connectivity index (χ2v) is 5.43. The highest BCUT2D eigenvalue weighted by molar-refractivity contribution is 14.1. The number of nitrogens with one attached hydrogen (secondary N) is 1. The summed E-state index contributed by atoms with van der Waals surface area (Å²) in [5.74, 6) is -1.13. The summed E-state index contributed by atoms with van der Waals surface area (Å²) in [5, 5.41) is 11.9. The highest BCUT2D eigenvalue weighted by Gasteiger charge is 2.13. The molecular weight excluding hydrogens is 394 g/mol. The summed E-state index contributed by atoms with van der Waals surface area (Å²) >= 11 is 7.99. The molecule has 6 heteroatoms. The third-order valence-electron chi connectivity index (χ3n) is 2.56. The molecule has 1 N–H and O–H groups in total. The van der Waals surface area contributed by atoms with Crippen molar-refractivity contribution >= 4 is 45.8 Å². The van der Waals surface area contributed by atoms with Gasteiger partial charge in [-0.25, -0.2) is 4.39 Å². The van der Waals surface area contributed by atoms with Gasteiger partial charge in [-0.15, -0.1) is 0 Å². The molecule has 0 atom stereocenters. The molecule has 0 aliphatic heterocycles. The highest BCUT2D eigenvalue weighted by atomic mass is 127. The Labute approximate surface area is 133 Å². The Bertz CT molecular complexity index is 728. The molecule has 0 spiro atoms. The minimum atomic E-state index is -0.675. The zero-order valence-corrected chi connectivity index (χ0v) is 12.9. The van der Waals surface area contributed by atoms with Crippen LogP contribution in [-0.2, 0) is 0 Å². The fourth-order valence-electron chi connectivity index (χ4n) is 1.57. The maximum atomic E-state index is 13.4. The molecule has 2 rings (SSSR count). The van der Waals surface area contributed by atoms with Gasteiger partial charge in [-0.3, -0.25) is 4.79 Å². The van der Waals surface area contributed by atoms with Gasteiger partial charge in [0.2, 0.25) is 0 Å². The molecule has 0 radical (unpaired) electrons. The van der Waals surface area contributed by atoms with Gasteiger partial charge in [0.15, 0.2) is 0 Å². The predicted octanol–water partition coefficient (Wildman–Crippen LogP) is 4.21. The molecule has 0 fully saturated rings. The standard InChI is InChI=1S/C14H7ClFIN2O/c15-10-6-8(4-5-12(10)17)14(20)19-13-3-1-2-11(16)9(13)7-18/h1-6H,(H,19,20). The van der Waals surface area contributed by atoms with E-state index < -0.39 is 11.7 Å². The number of hydrogen-bond acceptors (Lipinski definition) is 2. The Balaban J connectivity index is 2.31. The van der Waals surface area contributed by atoms with Crippen LogP contribution in [0.25, 0.3) is 0 Å². The lowest BCUT2D eigenvalue weighted by Crippen LogP contribution is -2.13. The first-order valence-corrected chi connectivity index (χ1v) is 6.93. The second-order valence-electron chi connectivity index (χ2n) is 3.86. The lowest BCUT2D eigenvalue weighted by atomic mass is 10.1. The van der Waals surface area contributed by atoms with E-state index in [1.54, 1.807) is 18.2 Å². The van der Waals surface area contributed by atoms with E-state index >= 15 is 0 Å². The zero-order valence-electron chi connectivity index (χ0n) is 9.95. The average molecular weight is 401 g/mol. The van der Waals surface area contributed by atoms with E-state index in [1.165, 1.54) is 18.2 Å². The van der Waals surface area contributed by atoms with Gasteiger partial charge in [-0.2, -0.15) is 5.26 Å². The first kappa shape index (κ1) is 14.8. The maximum absolute atomic E-state index is 13.4. The van der Waals surface area contributed by atoms with Crippen LogP contribution in [0.4, 0.5) is 10.1 Å². The number of anilines is 1. The monoisotopic (exact) mass is 400 g/mol. The van der Waals surface area contributed by atoms with Gasteiger partial charge in [0.1, 0.15) is 17.4 Å². The molecule has 0 unspecified atom stereocenters. The number of benzene rings is 2. The molecule has 0 aliphatic carbocycles. The van der Waals surface area contributed by atoms with E-state index in [0.717, 1.165) is 9.64 Å². The lowest BCUT2D eigenvalue weighted by molar-refractivity contribution is 0.102. The van der Waals surface area contributed by atoms with E-state index in [-0.39, 0.29) is 11.3 Å². The van der Waals surface area contributed by atoms with Crippen LogP contribution in [0.3, 0.4) is 0 Å². The number of carbonyl (C=O) groups excluding carboxylic acids is 1. The Kier molecular flexibility index (Phi) is 4.57. The molecule has 3 nitrogen and oxygen atoms in total. The van der Waals surface area contributed by atoms with Gasteiger partial charge in [0.05, 0.1) is 10.7 Å². The van der Waals surface area contributed by atoms with Crippen molar-refractivity contribution in [1.29, 1.82) is 5.26 Å². The number of halogens is 3. The van der Waals surface area contributed by atoms with E-state index in [1.807, 2.05) is 22.6 Å². The molecule has 0 bridgehead atoms. The average Bonchev–Trinajstić information content (AvgIpc) is 2.42. The van der Waals surface area contributed by atoms with Gasteiger partial charge >= 0.3 is 0 Å². The lowest BCUT2D eigenvalue weighted by Gasteiger charge is -2.08.